The van der Waals surface area contributed by atoms with Gasteiger partial charge in [-0.1, -0.05) is 6.92 Å². The second-order valence-corrected chi connectivity index (χ2v) is 4.47. The molecule has 0 amide bonds. The lowest BCUT2D eigenvalue weighted by Gasteiger charge is -2.03. The molecule has 0 aromatic rings. The molecule has 0 rings (SSSR count). The molecular formula is C3H13NO7P2. The first-order chi connectivity index (χ1) is 5.62. The molecule has 13 heavy (non-hydrogen) atoms. The number of nitrogens with two attached hydrogens (primary N) is 1. The molecule has 6 N–H and O–H groups in total. The summed E-state index contributed by atoms with van der Waals surface area (Å²) in [7, 11) is -10.1. The summed E-state index contributed by atoms with van der Waals surface area (Å²) in [6.07, 6.45) is 1.10. The summed E-state index contributed by atoms with van der Waals surface area (Å²) >= 11 is 0. The molecule has 10 heteroatoms. The summed E-state index contributed by atoms with van der Waals surface area (Å²) in [5.41, 5.74) is 5.03. The minimum atomic E-state index is -5.05. The Labute approximate surface area is 75.2 Å². The first-order valence-corrected chi connectivity index (χ1v) is 6.21. The molecule has 82 valence electrons. The van der Waals surface area contributed by atoms with E-state index >= 15 is 0 Å². The number of hydrogen-bond donors (Lipinski definition) is 5. The Hall–Kier alpha value is 0.220. The second-order valence-electron chi connectivity index (χ2n) is 1.85. The van der Waals surface area contributed by atoms with Gasteiger partial charge in [0.25, 0.3) is 0 Å². The summed E-state index contributed by atoms with van der Waals surface area (Å²) in [5, 5.41) is 0. The third-order valence-corrected chi connectivity index (χ3v) is 2.20. The number of rotatable bonds is 3. The van der Waals surface area contributed by atoms with Crippen LogP contribution < -0.4 is 5.73 Å². The summed E-state index contributed by atoms with van der Waals surface area (Å²) in [5.74, 6) is 0. The van der Waals surface area contributed by atoms with Crippen LogP contribution in [0.15, 0.2) is 0 Å². The van der Waals surface area contributed by atoms with Crippen molar-refractivity contribution in [3.63, 3.8) is 0 Å². The minimum absolute atomic E-state index is 0.819. The average Bonchev–Trinajstić information content (AvgIpc) is 1.80. The highest BCUT2D eigenvalue weighted by Crippen LogP contribution is 2.53. The van der Waals surface area contributed by atoms with Gasteiger partial charge in [0.05, 0.1) is 0 Å². The monoisotopic (exact) mass is 237 g/mol. The molecule has 0 atom stereocenters. The lowest BCUT2D eigenvalue weighted by atomic mass is 10.5. The van der Waals surface area contributed by atoms with Gasteiger partial charge in [0.1, 0.15) is 0 Å². The highest BCUT2D eigenvalue weighted by Gasteiger charge is 2.27. The predicted molar refractivity (Wildman–Crippen MR) is 44.5 cm³/mol. The Morgan fingerprint density at radius 3 is 1.38 bits per heavy atom. The molecule has 0 aromatic heterocycles. The van der Waals surface area contributed by atoms with Crippen molar-refractivity contribution in [3.8, 4) is 0 Å². The fourth-order valence-electron chi connectivity index (χ4n) is 0.139. The van der Waals surface area contributed by atoms with Crippen molar-refractivity contribution in [2.75, 3.05) is 6.54 Å². The molecule has 8 nitrogen and oxygen atoms in total. The molecule has 0 aliphatic heterocycles. The van der Waals surface area contributed by atoms with Gasteiger partial charge in [-0.15, -0.1) is 0 Å². The normalized spacial score (nSPS) is 11.8. The summed E-state index contributed by atoms with van der Waals surface area (Å²) in [6.45, 7) is 2.88. The van der Waals surface area contributed by atoms with Gasteiger partial charge in [0.2, 0.25) is 0 Å². The zero-order valence-electron chi connectivity index (χ0n) is 6.90. The van der Waals surface area contributed by atoms with E-state index < -0.39 is 15.6 Å². The Bertz CT molecular complexity index is 184. The second kappa shape index (κ2) is 6.64. The third-order valence-electron chi connectivity index (χ3n) is 0.501. The van der Waals surface area contributed by atoms with Gasteiger partial charge in [0, 0.05) is 0 Å². The predicted octanol–water partition coefficient (Wildman–Crippen LogP) is -0.457. The van der Waals surface area contributed by atoms with E-state index in [2.05, 4.69) is 11.2 Å². The molecule has 0 radical (unpaired) electrons. The maximum absolute atomic E-state index is 9.63. The Morgan fingerprint density at radius 1 is 1.15 bits per heavy atom. The zero-order chi connectivity index (χ0) is 11.1. The van der Waals surface area contributed by atoms with E-state index in [4.69, 9.17) is 25.3 Å². The summed E-state index contributed by atoms with van der Waals surface area (Å²) < 4.78 is 22.2. The van der Waals surface area contributed by atoms with E-state index in [1.54, 1.807) is 0 Å². The molecule has 0 saturated carbocycles. The fraction of sp³-hybridized carbons (Fsp3) is 1.00. The molecule has 0 bridgehead atoms. The minimum Gasteiger partial charge on any atom is -0.330 e. The van der Waals surface area contributed by atoms with Crippen molar-refractivity contribution < 1.29 is 33.0 Å². The van der Waals surface area contributed by atoms with Crippen molar-refractivity contribution in [3.05, 3.63) is 0 Å². The van der Waals surface area contributed by atoms with Crippen molar-refractivity contribution in [1.29, 1.82) is 0 Å². The molecular weight excluding hydrogens is 224 g/mol. The Kier molecular flexibility index (Phi) is 8.01. The molecule has 0 saturated heterocycles. The Balaban J connectivity index is 0. The van der Waals surface area contributed by atoms with Gasteiger partial charge in [0.15, 0.2) is 0 Å². The number of phosphoric acid groups is 2. The molecule has 0 aliphatic carbocycles. The van der Waals surface area contributed by atoms with Crippen molar-refractivity contribution >= 4 is 15.6 Å². The van der Waals surface area contributed by atoms with Crippen LogP contribution in [0.4, 0.5) is 0 Å². The summed E-state index contributed by atoms with van der Waals surface area (Å²) in [4.78, 5) is 31.0. The van der Waals surface area contributed by atoms with E-state index in [0.29, 0.717) is 0 Å². The molecule has 0 fully saturated rings. The van der Waals surface area contributed by atoms with E-state index in [-0.39, 0.29) is 0 Å². The van der Waals surface area contributed by atoms with Crippen LogP contribution >= 0.6 is 15.6 Å². The first kappa shape index (κ1) is 15.7. The van der Waals surface area contributed by atoms with Gasteiger partial charge in [-0.3, -0.25) is 0 Å². The van der Waals surface area contributed by atoms with E-state index in [1.807, 2.05) is 0 Å². The van der Waals surface area contributed by atoms with Crippen molar-refractivity contribution in [2.24, 2.45) is 5.73 Å². The van der Waals surface area contributed by atoms with Gasteiger partial charge >= 0.3 is 15.6 Å². The van der Waals surface area contributed by atoms with Crippen molar-refractivity contribution in [2.45, 2.75) is 13.3 Å². The van der Waals surface area contributed by atoms with Gasteiger partial charge in [-0.05, 0) is 13.0 Å². The largest absolute Gasteiger partial charge is 0.478 e. The lowest BCUT2D eigenvalue weighted by Crippen LogP contribution is -1.93. The maximum Gasteiger partial charge on any atom is 0.478 e. The molecule has 0 aromatic carbocycles. The SMILES string of the molecule is CCCN.O=P(O)(O)OP(=O)(O)O. The highest BCUT2D eigenvalue weighted by atomic mass is 31.3. The van der Waals surface area contributed by atoms with Crippen LogP contribution in [0.25, 0.3) is 0 Å². The summed E-state index contributed by atoms with van der Waals surface area (Å²) in [6, 6.07) is 0. The standard InChI is InChI=1S/C3H9N.H4O7P2/c1-2-3-4;1-8(2,3)7-9(4,5)6/h2-4H2,1H3;(H2,1,2,3)(H2,4,5,6). The van der Waals surface area contributed by atoms with Gasteiger partial charge in [-0.25, -0.2) is 9.13 Å². The van der Waals surface area contributed by atoms with Crippen LogP contribution in [-0.4, -0.2) is 26.1 Å². The maximum atomic E-state index is 9.63. The first-order valence-electron chi connectivity index (χ1n) is 3.15. The van der Waals surface area contributed by atoms with Crippen LogP contribution in [0.1, 0.15) is 13.3 Å². The van der Waals surface area contributed by atoms with E-state index in [9.17, 15) is 9.13 Å². The van der Waals surface area contributed by atoms with Crippen LogP contribution in [0.5, 0.6) is 0 Å². The molecule has 0 unspecified atom stereocenters. The van der Waals surface area contributed by atoms with Crippen LogP contribution in [0.2, 0.25) is 0 Å². The lowest BCUT2D eigenvalue weighted by molar-refractivity contribution is 0.225. The quantitative estimate of drug-likeness (QED) is 0.414. The topological polar surface area (TPSA) is 150 Å². The van der Waals surface area contributed by atoms with Gasteiger partial charge in [-0.2, -0.15) is 4.31 Å². The van der Waals surface area contributed by atoms with Crippen molar-refractivity contribution in [1.82, 2.24) is 0 Å². The van der Waals surface area contributed by atoms with E-state index in [0.717, 1.165) is 13.0 Å². The number of hydrogen-bond acceptors (Lipinski definition) is 4. The molecule has 0 heterocycles. The zero-order valence-corrected chi connectivity index (χ0v) is 8.69. The Morgan fingerprint density at radius 2 is 1.38 bits per heavy atom. The average molecular weight is 237 g/mol. The molecule has 0 spiro atoms. The van der Waals surface area contributed by atoms with E-state index in [1.165, 1.54) is 0 Å². The fourth-order valence-corrected chi connectivity index (χ4v) is 1.25. The van der Waals surface area contributed by atoms with Crippen LogP contribution in [-0.2, 0) is 13.4 Å². The smallest absolute Gasteiger partial charge is 0.330 e. The van der Waals surface area contributed by atoms with Crippen LogP contribution in [0, 0.1) is 0 Å². The van der Waals surface area contributed by atoms with Crippen LogP contribution in [0.3, 0.4) is 0 Å². The third kappa shape index (κ3) is 24.5. The highest BCUT2D eigenvalue weighted by molar-refractivity contribution is 7.60. The van der Waals surface area contributed by atoms with Gasteiger partial charge < -0.3 is 25.3 Å². The molecule has 0 aliphatic rings.